The molecule has 0 atom stereocenters. The summed E-state index contributed by atoms with van der Waals surface area (Å²) >= 11 is 0. The van der Waals surface area contributed by atoms with Crippen LogP contribution in [0.15, 0.2) is 171 Å². The van der Waals surface area contributed by atoms with Crippen LogP contribution in [-0.4, -0.2) is 8.97 Å². The lowest BCUT2D eigenvalue weighted by Crippen LogP contribution is -2.12. The molecular weight excluding hydrogens is 665 g/mol. The molecule has 5 aromatic heterocycles. The quantitative estimate of drug-likeness (QED) is 0.170. The average molecular weight is 691 g/mol. The van der Waals surface area contributed by atoms with Gasteiger partial charge in [0.1, 0.15) is 22.3 Å². The molecule has 8 aromatic carbocycles. The molecule has 5 heterocycles. The fraction of sp³-hybridized carbons (Fsp3) is 0. The summed E-state index contributed by atoms with van der Waals surface area (Å²) in [6, 6.07) is 54.8. The van der Waals surface area contributed by atoms with Gasteiger partial charge in [-0.25, -0.2) is 0 Å². The third-order valence-electron chi connectivity index (χ3n) is 11.7. The van der Waals surface area contributed by atoms with Crippen molar-refractivity contribution < 1.29 is 8.83 Å². The molecule has 0 saturated heterocycles. The number of pyridine rings is 1. The third kappa shape index (κ3) is 3.46. The van der Waals surface area contributed by atoms with Crippen molar-refractivity contribution in [2.75, 3.05) is 0 Å². The number of aromatic nitrogens is 2. The Labute approximate surface area is 305 Å². The highest BCUT2D eigenvalue weighted by molar-refractivity contribution is 6.25. The van der Waals surface area contributed by atoms with Gasteiger partial charge in [0.15, 0.2) is 0 Å². The summed E-state index contributed by atoms with van der Waals surface area (Å²) in [5, 5.41) is 11.6. The van der Waals surface area contributed by atoms with E-state index in [2.05, 4.69) is 126 Å². The second kappa shape index (κ2) is 9.94. The van der Waals surface area contributed by atoms with Gasteiger partial charge >= 0.3 is 0 Å². The second-order valence-corrected chi connectivity index (χ2v) is 14.4. The number of para-hydroxylation sites is 3. The van der Waals surface area contributed by atoms with Gasteiger partial charge in [-0.1, -0.05) is 91.0 Å². The molecular formula is C49H26N2O3. The van der Waals surface area contributed by atoms with Gasteiger partial charge < -0.3 is 13.4 Å². The summed E-state index contributed by atoms with van der Waals surface area (Å²) < 4.78 is 17.2. The summed E-state index contributed by atoms with van der Waals surface area (Å²) in [7, 11) is 0. The molecule has 0 radical (unpaired) electrons. The van der Waals surface area contributed by atoms with Gasteiger partial charge in [0.25, 0.3) is 5.56 Å². The van der Waals surface area contributed by atoms with Crippen LogP contribution < -0.4 is 5.56 Å². The van der Waals surface area contributed by atoms with Crippen LogP contribution in [0.3, 0.4) is 0 Å². The van der Waals surface area contributed by atoms with E-state index in [0.717, 1.165) is 110 Å². The summed E-state index contributed by atoms with van der Waals surface area (Å²) in [4.78, 5) is 14.0. The Morgan fingerprint density at radius 1 is 0.389 bits per heavy atom. The first kappa shape index (κ1) is 28.2. The Morgan fingerprint density at radius 3 is 1.93 bits per heavy atom. The highest BCUT2D eigenvalue weighted by Gasteiger charge is 2.22. The molecule has 250 valence electrons. The van der Waals surface area contributed by atoms with Gasteiger partial charge in [-0.05, 0) is 83.2 Å². The molecule has 54 heavy (non-hydrogen) atoms. The van der Waals surface area contributed by atoms with Crippen LogP contribution >= 0.6 is 0 Å². The summed E-state index contributed by atoms with van der Waals surface area (Å²) in [5.74, 6) is 0. The maximum Gasteiger partial charge on any atom is 0.263 e. The van der Waals surface area contributed by atoms with Crippen molar-refractivity contribution >= 4 is 104 Å². The maximum atomic E-state index is 14.0. The maximum absolute atomic E-state index is 14.0. The van der Waals surface area contributed by atoms with Gasteiger partial charge in [0.2, 0.25) is 0 Å². The van der Waals surface area contributed by atoms with E-state index < -0.39 is 0 Å². The minimum atomic E-state index is 0.0123. The summed E-state index contributed by atoms with van der Waals surface area (Å²) in [6.45, 7) is 0. The van der Waals surface area contributed by atoms with E-state index in [1.54, 1.807) is 0 Å². The largest absolute Gasteiger partial charge is 0.456 e. The molecule has 0 unspecified atom stereocenters. The van der Waals surface area contributed by atoms with Gasteiger partial charge in [-0.2, -0.15) is 0 Å². The van der Waals surface area contributed by atoms with Crippen LogP contribution in [0.4, 0.5) is 0 Å². The normalized spacial score (nSPS) is 12.5. The lowest BCUT2D eigenvalue weighted by molar-refractivity contribution is 0.668. The lowest BCUT2D eigenvalue weighted by atomic mass is 9.97. The summed E-state index contributed by atoms with van der Waals surface area (Å²) in [6.07, 6.45) is 0. The number of hydrogen-bond donors (Lipinski definition) is 0. The van der Waals surface area contributed by atoms with E-state index in [1.165, 1.54) is 10.8 Å². The van der Waals surface area contributed by atoms with Crippen molar-refractivity contribution in [1.29, 1.82) is 0 Å². The highest BCUT2D eigenvalue weighted by atomic mass is 16.3. The van der Waals surface area contributed by atoms with Crippen LogP contribution in [0.25, 0.3) is 120 Å². The molecule has 5 nitrogen and oxygen atoms in total. The predicted molar refractivity (Wildman–Crippen MR) is 222 cm³/mol. The molecule has 0 amide bonds. The zero-order valence-electron chi connectivity index (χ0n) is 28.6. The van der Waals surface area contributed by atoms with E-state index in [4.69, 9.17) is 8.83 Å². The molecule has 5 heteroatoms. The Balaban J connectivity index is 1.09. The van der Waals surface area contributed by atoms with Gasteiger partial charge in [-0.3, -0.25) is 9.20 Å². The number of nitrogens with zero attached hydrogens (tertiary/aromatic N) is 2. The molecule has 13 aromatic rings. The molecule has 0 fully saturated rings. The van der Waals surface area contributed by atoms with Crippen LogP contribution in [0, 0.1) is 0 Å². The monoisotopic (exact) mass is 690 g/mol. The summed E-state index contributed by atoms with van der Waals surface area (Å²) in [5.41, 5.74) is 10.8. The fourth-order valence-corrected chi connectivity index (χ4v) is 9.42. The Morgan fingerprint density at radius 2 is 1.04 bits per heavy atom. The van der Waals surface area contributed by atoms with Crippen molar-refractivity contribution in [3.63, 3.8) is 0 Å². The van der Waals surface area contributed by atoms with Crippen LogP contribution in [0.1, 0.15) is 0 Å². The molecule has 0 spiro atoms. The zero-order valence-corrected chi connectivity index (χ0v) is 28.6. The number of benzene rings is 8. The van der Waals surface area contributed by atoms with E-state index in [9.17, 15) is 4.79 Å². The molecule has 0 N–H and O–H groups in total. The molecule has 0 aliphatic rings. The lowest BCUT2D eigenvalue weighted by Gasteiger charge is -2.10. The first-order chi connectivity index (χ1) is 26.7. The first-order valence-corrected chi connectivity index (χ1v) is 18.2. The SMILES string of the molecule is O=c1c2ccccc2c2cccc3c4cc(-c5cccc6oc7ccc(-n8c9ccccc9c9ccc%10oc%11ccccc%11c%10c98)cc7c56)ccc4n1c23. The number of rotatable bonds is 2. The Bertz CT molecular complexity index is 3820. The Kier molecular flexibility index (Phi) is 5.20. The minimum absolute atomic E-state index is 0.0123. The van der Waals surface area contributed by atoms with Crippen molar-refractivity contribution in [2.45, 2.75) is 0 Å². The van der Waals surface area contributed by atoms with E-state index in [-0.39, 0.29) is 5.56 Å². The van der Waals surface area contributed by atoms with Crippen LogP contribution in [0.2, 0.25) is 0 Å². The first-order valence-electron chi connectivity index (χ1n) is 18.2. The molecule has 0 aliphatic heterocycles. The van der Waals surface area contributed by atoms with Gasteiger partial charge in [0, 0.05) is 54.2 Å². The number of hydrogen-bond acceptors (Lipinski definition) is 3. The third-order valence-corrected chi connectivity index (χ3v) is 11.7. The molecule has 13 rings (SSSR count). The number of furan rings is 2. The average Bonchev–Trinajstić information content (AvgIpc) is 3.97. The van der Waals surface area contributed by atoms with Crippen molar-refractivity contribution in [1.82, 2.24) is 8.97 Å². The zero-order chi connectivity index (χ0) is 35.2. The van der Waals surface area contributed by atoms with Crippen LogP contribution in [-0.2, 0) is 0 Å². The van der Waals surface area contributed by atoms with Crippen molar-refractivity contribution in [3.05, 3.63) is 168 Å². The van der Waals surface area contributed by atoms with Crippen molar-refractivity contribution in [3.8, 4) is 16.8 Å². The molecule has 0 bridgehead atoms. The van der Waals surface area contributed by atoms with E-state index in [1.807, 2.05) is 40.8 Å². The highest BCUT2D eigenvalue weighted by Crippen LogP contribution is 2.44. The predicted octanol–water partition coefficient (Wildman–Crippen LogP) is 12.8. The number of fused-ring (bicyclic) bond motifs is 15. The second-order valence-electron chi connectivity index (χ2n) is 14.4. The van der Waals surface area contributed by atoms with Gasteiger partial charge in [0.05, 0.1) is 27.5 Å². The molecule has 0 aliphatic carbocycles. The molecule has 0 saturated carbocycles. The fourth-order valence-electron chi connectivity index (χ4n) is 9.42. The van der Waals surface area contributed by atoms with Crippen molar-refractivity contribution in [2.24, 2.45) is 0 Å². The smallest absolute Gasteiger partial charge is 0.263 e. The van der Waals surface area contributed by atoms with Crippen LogP contribution in [0.5, 0.6) is 0 Å². The van der Waals surface area contributed by atoms with E-state index in [0.29, 0.717) is 0 Å². The minimum Gasteiger partial charge on any atom is -0.456 e. The standard InChI is InChI=1S/C49H26N2O3/c52-49-35-11-2-1-9-30(35)32-14-7-15-33-37-25-27(19-22-40(37)51(49)47(32)33)29-13-8-18-43-45(29)38-26-28(20-23-42(38)54-43)50-39-16-5-3-10-31(39)34-21-24-44-46(48(34)50)36-12-4-6-17-41(36)53-44/h1-26H. The topological polar surface area (TPSA) is 52.7 Å². The van der Waals surface area contributed by atoms with E-state index >= 15 is 0 Å². The Hall–Kier alpha value is -7.37. The van der Waals surface area contributed by atoms with Gasteiger partial charge in [-0.15, -0.1) is 0 Å².